The van der Waals surface area contributed by atoms with Gasteiger partial charge in [0.25, 0.3) is 5.91 Å². The van der Waals surface area contributed by atoms with Crippen LogP contribution in [0.15, 0.2) is 47.2 Å². The molecule has 19 heavy (non-hydrogen) atoms. The lowest BCUT2D eigenvalue weighted by Crippen LogP contribution is -2.27. The fourth-order valence-electron chi connectivity index (χ4n) is 1.70. The molecule has 0 radical (unpaired) electrons. The summed E-state index contributed by atoms with van der Waals surface area (Å²) in [6.07, 6.45) is 3.32. The Hall–Kier alpha value is -1.75. The molecule has 3 nitrogen and oxygen atoms in total. The molecule has 0 aliphatic rings. The van der Waals surface area contributed by atoms with Crippen molar-refractivity contribution in [3.8, 4) is 0 Å². The van der Waals surface area contributed by atoms with Crippen molar-refractivity contribution < 1.29 is 9.18 Å². The number of benzene rings is 1. The summed E-state index contributed by atoms with van der Waals surface area (Å²) in [6.45, 7) is 0.414. The molecule has 0 N–H and O–H groups in total. The largest absolute Gasteiger partial charge is 0.337 e. The number of halogens is 2. The summed E-state index contributed by atoms with van der Waals surface area (Å²) in [5.41, 5.74) is 1.02. The fourth-order valence-corrected chi connectivity index (χ4v) is 2.04. The van der Waals surface area contributed by atoms with Gasteiger partial charge in [0.05, 0.1) is 5.56 Å². The van der Waals surface area contributed by atoms with E-state index in [0.717, 1.165) is 5.56 Å². The average Bonchev–Trinajstić information content (AvgIpc) is 2.39. The monoisotopic (exact) mass is 322 g/mol. The SMILES string of the molecule is CN(Cc1ccncc1)C(=O)c1ccc(Br)cc1F. The first-order valence-electron chi connectivity index (χ1n) is 5.67. The van der Waals surface area contributed by atoms with E-state index in [1.807, 2.05) is 12.1 Å². The number of aromatic nitrogens is 1. The molecule has 2 rings (SSSR count). The number of carbonyl (C=O) groups is 1. The van der Waals surface area contributed by atoms with E-state index in [4.69, 9.17) is 0 Å². The van der Waals surface area contributed by atoms with Crippen molar-refractivity contribution >= 4 is 21.8 Å². The molecule has 0 saturated heterocycles. The highest BCUT2D eigenvalue weighted by Crippen LogP contribution is 2.17. The van der Waals surface area contributed by atoms with E-state index in [1.165, 1.54) is 17.0 Å². The molecule has 0 aliphatic carbocycles. The lowest BCUT2D eigenvalue weighted by Gasteiger charge is -2.17. The second-order valence-electron chi connectivity index (χ2n) is 4.14. The summed E-state index contributed by atoms with van der Waals surface area (Å²) in [7, 11) is 1.64. The zero-order valence-electron chi connectivity index (χ0n) is 10.3. The van der Waals surface area contributed by atoms with Crippen molar-refractivity contribution in [3.05, 3.63) is 64.1 Å². The molecule has 1 heterocycles. The van der Waals surface area contributed by atoms with Gasteiger partial charge in [0.15, 0.2) is 0 Å². The average molecular weight is 323 g/mol. The lowest BCUT2D eigenvalue weighted by atomic mass is 10.1. The molecule has 1 aromatic heterocycles. The molecular formula is C14H12BrFN2O. The van der Waals surface area contributed by atoms with Crippen LogP contribution >= 0.6 is 15.9 Å². The Balaban J connectivity index is 2.15. The van der Waals surface area contributed by atoms with Crippen LogP contribution < -0.4 is 0 Å². The molecule has 0 bridgehead atoms. The van der Waals surface area contributed by atoms with Gasteiger partial charge in [-0.3, -0.25) is 9.78 Å². The number of amides is 1. The Morgan fingerprint density at radius 1 is 1.32 bits per heavy atom. The smallest absolute Gasteiger partial charge is 0.256 e. The number of rotatable bonds is 3. The first-order chi connectivity index (χ1) is 9.08. The highest BCUT2D eigenvalue weighted by atomic mass is 79.9. The normalized spacial score (nSPS) is 10.3. The fraction of sp³-hybridized carbons (Fsp3) is 0.143. The van der Waals surface area contributed by atoms with Crippen molar-refractivity contribution in [1.29, 1.82) is 0 Å². The third kappa shape index (κ3) is 3.38. The molecule has 1 aromatic carbocycles. The van der Waals surface area contributed by atoms with Crippen LogP contribution in [-0.4, -0.2) is 22.8 Å². The number of hydrogen-bond donors (Lipinski definition) is 0. The van der Waals surface area contributed by atoms with Gasteiger partial charge in [-0.15, -0.1) is 0 Å². The van der Waals surface area contributed by atoms with E-state index in [-0.39, 0.29) is 11.5 Å². The lowest BCUT2D eigenvalue weighted by molar-refractivity contribution is 0.0780. The summed E-state index contributed by atoms with van der Waals surface area (Å²) < 4.78 is 14.3. The first kappa shape index (κ1) is 13.7. The van der Waals surface area contributed by atoms with E-state index in [9.17, 15) is 9.18 Å². The standard InChI is InChI=1S/C14H12BrFN2O/c1-18(9-10-4-6-17-7-5-10)14(19)12-3-2-11(15)8-13(12)16/h2-8H,9H2,1H3. The van der Waals surface area contributed by atoms with Gasteiger partial charge in [0.2, 0.25) is 0 Å². The summed E-state index contributed by atoms with van der Waals surface area (Å²) >= 11 is 3.16. The highest BCUT2D eigenvalue weighted by Gasteiger charge is 2.16. The molecule has 5 heteroatoms. The second-order valence-corrected chi connectivity index (χ2v) is 5.06. The van der Waals surface area contributed by atoms with Crippen LogP contribution in [0.25, 0.3) is 0 Å². The highest BCUT2D eigenvalue weighted by molar-refractivity contribution is 9.10. The molecule has 0 aliphatic heterocycles. The van der Waals surface area contributed by atoms with Gasteiger partial charge in [-0.2, -0.15) is 0 Å². The Morgan fingerprint density at radius 3 is 2.63 bits per heavy atom. The van der Waals surface area contributed by atoms with Gasteiger partial charge in [0, 0.05) is 30.5 Å². The van der Waals surface area contributed by atoms with Crippen LogP contribution in [-0.2, 0) is 6.54 Å². The minimum atomic E-state index is -0.527. The van der Waals surface area contributed by atoms with Gasteiger partial charge < -0.3 is 4.90 Å². The van der Waals surface area contributed by atoms with Crippen LogP contribution in [0, 0.1) is 5.82 Å². The molecule has 0 fully saturated rings. The third-order valence-corrected chi connectivity index (χ3v) is 3.17. The Morgan fingerprint density at radius 2 is 2.00 bits per heavy atom. The summed E-state index contributed by atoms with van der Waals surface area (Å²) in [6, 6.07) is 8.05. The van der Waals surface area contributed by atoms with Crippen LogP contribution in [0.5, 0.6) is 0 Å². The van der Waals surface area contributed by atoms with Crippen LogP contribution in [0.3, 0.4) is 0 Å². The van der Waals surface area contributed by atoms with E-state index in [0.29, 0.717) is 11.0 Å². The first-order valence-corrected chi connectivity index (χ1v) is 6.46. The Kier molecular flexibility index (Phi) is 4.27. The van der Waals surface area contributed by atoms with E-state index < -0.39 is 5.82 Å². The van der Waals surface area contributed by atoms with E-state index in [2.05, 4.69) is 20.9 Å². The molecule has 0 unspecified atom stereocenters. The maximum absolute atomic E-state index is 13.7. The van der Waals surface area contributed by atoms with Crippen molar-refractivity contribution in [3.63, 3.8) is 0 Å². The molecular weight excluding hydrogens is 311 g/mol. The van der Waals surface area contributed by atoms with Crippen molar-refractivity contribution in [2.75, 3.05) is 7.05 Å². The second kappa shape index (κ2) is 5.93. The van der Waals surface area contributed by atoms with Crippen LogP contribution in [0.2, 0.25) is 0 Å². The number of carbonyl (C=O) groups excluding carboxylic acids is 1. The van der Waals surface area contributed by atoms with Crippen LogP contribution in [0.1, 0.15) is 15.9 Å². The molecule has 0 atom stereocenters. The Bertz CT molecular complexity index is 589. The molecule has 98 valence electrons. The zero-order chi connectivity index (χ0) is 13.8. The minimum absolute atomic E-state index is 0.0692. The van der Waals surface area contributed by atoms with Crippen molar-refractivity contribution in [2.24, 2.45) is 0 Å². The maximum atomic E-state index is 13.7. The van der Waals surface area contributed by atoms with E-state index >= 15 is 0 Å². The van der Waals surface area contributed by atoms with Crippen molar-refractivity contribution in [2.45, 2.75) is 6.54 Å². The summed E-state index contributed by atoms with van der Waals surface area (Å²) in [5.74, 6) is -0.872. The quantitative estimate of drug-likeness (QED) is 0.869. The third-order valence-electron chi connectivity index (χ3n) is 2.68. The van der Waals surface area contributed by atoms with Gasteiger partial charge in [-0.05, 0) is 35.9 Å². The minimum Gasteiger partial charge on any atom is -0.337 e. The molecule has 2 aromatic rings. The predicted molar refractivity (Wildman–Crippen MR) is 74.1 cm³/mol. The van der Waals surface area contributed by atoms with Gasteiger partial charge in [-0.1, -0.05) is 15.9 Å². The molecule has 0 spiro atoms. The van der Waals surface area contributed by atoms with E-state index in [1.54, 1.807) is 25.5 Å². The van der Waals surface area contributed by atoms with Crippen LogP contribution in [0.4, 0.5) is 4.39 Å². The molecule has 0 saturated carbocycles. The van der Waals surface area contributed by atoms with Gasteiger partial charge >= 0.3 is 0 Å². The number of hydrogen-bond acceptors (Lipinski definition) is 2. The number of pyridine rings is 1. The topological polar surface area (TPSA) is 33.2 Å². The van der Waals surface area contributed by atoms with Gasteiger partial charge in [-0.25, -0.2) is 4.39 Å². The zero-order valence-corrected chi connectivity index (χ0v) is 11.9. The molecule has 1 amide bonds. The number of nitrogens with zero attached hydrogens (tertiary/aromatic N) is 2. The predicted octanol–water partition coefficient (Wildman–Crippen LogP) is 3.26. The summed E-state index contributed by atoms with van der Waals surface area (Å²) in [5, 5.41) is 0. The van der Waals surface area contributed by atoms with Crippen molar-refractivity contribution in [1.82, 2.24) is 9.88 Å². The maximum Gasteiger partial charge on any atom is 0.256 e. The Labute approximate surface area is 119 Å². The van der Waals surface area contributed by atoms with Gasteiger partial charge in [0.1, 0.15) is 5.82 Å². The summed E-state index contributed by atoms with van der Waals surface area (Å²) in [4.78, 5) is 17.5.